The third-order valence-corrected chi connectivity index (χ3v) is 3.02. The maximum atomic E-state index is 8.76. The van der Waals surface area contributed by atoms with Gasteiger partial charge in [0.05, 0.1) is 23.0 Å². The summed E-state index contributed by atoms with van der Waals surface area (Å²) in [4.78, 5) is 0. The highest BCUT2D eigenvalue weighted by molar-refractivity contribution is 6.31. The van der Waals surface area contributed by atoms with Crippen LogP contribution in [0.3, 0.4) is 0 Å². The first-order valence-corrected chi connectivity index (χ1v) is 5.90. The zero-order valence-corrected chi connectivity index (χ0v) is 11.0. The molecule has 0 saturated carbocycles. The molecule has 1 aromatic carbocycles. The normalized spacial score (nSPS) is 10.1. The number of nitrogens with one attached hydrogen (secondary N) is 1. The first kappa shape index (κ1) is 12.5. The molecule has 0 atom stereocenters. The Bertz CT molecular complexity index is 610. The molecule has 92 valence electrons. The molecule has 0 aliphatic heterocycles. The summed E-state index contributed by atoms with van der Waals surface area (Å²) in [5.41, 5.74) is 3.46. The second kappa shape index (κ2) is 5.11. The summed E-state index contributed by atoms with van der Waals surface area (Å²) in [5, 5.41) is 16.9. The van der Waals surface area contributed by atoms with Crippen molar-refractivity contribution in [2.24, 2.45) is 7.05 Å². The Morgan fingerprint density at radius 2 is 2.28 bits per heavy atom. The molecule has 0 amide bonds. The smallest absolute Gasteiger partial charge is 0.0992 e. The summed E-state index contributed by atoms with van der Waals surface area (Å²) in [5.74, 6) is 0. The fourth-order valence-electron chi connectivity index (χ4n) is 1.72. The molecule has 0 aliphatic carbocycles. The number of aromatic nitrogens is 2. The minimum absolute atomic E-state index is 0.571. The number of nitriles is 1. The van der Waals surface area contributed by atoms with E-state index in [-0.39, 0.29) is 0 Å². The van der Waals surface area contributed by atoms with Crippen molar-refractivity contribution >= 4 is 17.3 Å². The maximum absolute atomic E-state index is 8.76. The minimum atomic E-state index is 0.571. The predicted molar refractivity (Wildman–Crippen MR) is 71.4 cm³/mol. The average Bonchev–Trinajstić information content (AvgIpc) is 2.66. The lowest BCUT2D eigenvalue weighted by molar-refractivity contribution is 0.756. The van der Waals surface area contributed by atoms with Crippen molar-refractivity contribution in [1.29, 1.82) is 5.26 Å². The van der Waals surface area contributed by atoms with Gasteiger partial charge in [-0.2, -0.15) is 10.4 Å². The minimum Gasteiger partial charge on any atom is -0.378 e. The molecule has 5 heteroatoms. The van der Waals surface area contributed by atoms with E-state index in [1.165, 1.54) is 0 Å². The standard InChI is InChI=1S/C13H13ClN4/c1-9-13(8-18(2)17-9)16-7-11-4-3-10(6-15)5-12(11)14/h3-5,8,16H,7H2,1-2H3. The van der Waals surface area contributed by atoms with Gasteiger partial charge >= 0.3 is 0 Å². The van der Waals surface area contributed by atoms with Crippen LogP contribution in [0.5, 0.6) is 0 Å². The van der Waals surface area contributed by atoms with Crippen molar-refractivity contribution in [3.63, 3.8) is 0 Å². The molecule has 0 bridgehead atoms. The van der Waals surface area contributed by atoms with E-state index in [1.807, 2.05) is 26.2 Å². The van der Waals surface area contributed by atoms with E-state index < -0.39 is 0 Å². The van der Waals surface area contributed by atoms with Gasteiger partial charge in [0.1, 0.15) is 0 Å². The summed E-state index contributed by atoms with van der Waals surface area (Å²) in [7, 11) is 1.88. The number of nitrogens with zero attached hydrogens (tertiary/aromatic N) is 3. The first-order valence-electron chi connectivity index (χ1n) is 5.53. The van der Waals surface area contributed by atoms with E-state index in [9.17, 15) is 0 Å². The second-order valence-electron chi connectivity index (χ2n) is 4.07. The van der Waals surface area contributed by atoms with Crippen molar-refractivity contribution in [1.82, 2.24) is 9.78 Å². The molecule has 0 radical (unpaired) electrons. The van der Waals surface area contributed by atoms with Gasteiger partial charge in [0.2, 0.25) is 0 Å². The highest BCUT2D eigenvalue weighted by atomic mass is 35.5. The molecule has 0 fully saturated rings. The van der Waals surface area contributed by atoms with Crippen molar-refractivity contribution in [3.05, 3.63) is 46.2 Å². The van der Waals surface area contributed by atoms with Gasteiger partial charge in [0.25, 0.3) is 0 Å². The van der Waals surface area contributed by atoms with E-state index in [2.05, 4.69) is 16.5 Å². The summed E-state index contributed by atoms with van der Waals surface area (Å²) in [6.45, 7) is 2.56. The van der Waals surface area contributed by atoms with Crippen LogP contribution in [0, 0.1) is 18.3 Å². The van der Waals surface area contributed by atoms with E-state index in [0.29, 0.717) is 17.1 Å². The molecule has 2 aromatic rings. The van der Waals surface area contributed by atoms with Crippen LogP contribution in [-0.4, -0.2) is 9.78 Å². The number of hydrogen-bond donors (Lipinski definition) is 1. The quantitative estimate of drug-likeness (QED) is 0.923. The van der Waals surface area contributed by atoms with Crippen molar-refractivity contribution < 1.29 is 0 Å². The van der Waals surface area contributed by atoms with Crippen LogP contribution in [0.25, 0.3) is 0 Å². The molecule has 1 N–H and O–H groups in total. The SMILES string of the molecule is Cc1nn(C)cc1NCc1ccc(C#N)cc1Cl. The van der Waals surface area contributed by atoms with Crippen LogP contribution in [0.2, 0.25) is 5.02 Å². The molecule has 1 aromatic heterocycles. The fourth-order valence-corrected chi connectivity index (χ4v) is 1.97. The van der Waals surface area contributed by atoms with E-state index >= 15 is 0 Å². The Labute approximate surface area is 111 Å². The van der Waals surface area contributed by atoms with Gasteiger partial charge in [0, 0.05) is 24.8 Å². The number of halogens is 1. The van der Waals surface area contributed by atoms with Crippen LogP contribution in [-0.2, 0) is 13.6 Å². The number of rotatable bonds is 3. The Morgan fingerprint density at radius 1 is 1.50 bits per heavy atom. The number of hydrogen-bond acceptors (Lipinski definition) is 3. The summed E-state index contributed by atoms with van der Waals surface area (Å²) >= 11 is 6.11. The van der Waals surface area contributed by atoms with Gasteiger partial charge in [-0.25, -0.2) is 0 Å². The van der Waals surface area contributed by atoms with Crippen molar-refractivity contribution in [3.8, 4) is 6.07 Å². The Balaban J connectivity index is 2.11. The van der Waals surface area contributed by atoms with E-state index in [0.717, 1.165) is 16.9 Å². The summed E-state index contributed by atoms with van der Waals surface area (Å²) in [6.07, 6.45) is 1.92. The lowest BCUT2D eigenvalue weighted by atomic mass is 10.1. The van der Waals surface area contributed by atoms with Gasteiger partial charge < -0.3 is 5.32 Å². The lowest BCUT2D eigenvalue weighted by Gasteiger charge is -2.07. The maximum Gasteiger partial charge on any atom is 0.0992 e. The molecule has 2 rings (SSSR count). The van der Waals surface area contributed by atoms with Gasteiger partial charge in [-0.3, -0.25) is 4.68 Å². The molecular formula is C13H13ClN4. The van der Waals surface area contributed by atoms with Crippen molar-refractivity contribution in [2.45, 2.75) is 13.5 Å². The molecule has 0 spiro atoms. The molecule has 4 nitrogen and oxygen atoms in total. The van der Waals surface area contributed by atoms with Gasteiger partial charge in [-0.05, 0) is 24.6 Å². The molecule has 0 aliphatic rings. The molecule has 1 heterocycles. The summed E-state index contributed by atoms with van der Waals surface area (Å²) < 4.78 is 1.76. The zero-order chi connectivity index (χ0) is 13.1. The second-order valence-corrected chi connectivity index (χ2v) is 4.48. The average molecular weight is 261 g/mol. The third-order valence-electron chi connectivity index (χ3n) is 2.66. The fraction of sp³-hybridized carbons (Fsp3) is 0.231. The topological polar surface area (TPSA) is 53.6 Å². The van der Waals surface area contributed by atoms with Gasteiger partial charge in [-0.15, -0.1) is 0 Å². The Morgan fingerprint density at radius 3 is 2.83 bits per heavy atom. The largest absolute Gasteiger partial charge is 0.378 e. The first-order chi connectivity index (χ1) is 8.60. The number of aryl methyl sites for hydroxylation is 2. The monoisotopic (exact) mass is 260 g/mol. The van der Waals surface area contributed by atoms with Crippen LogP contribution in [0.4, 0.5) is 5.69 Å². The number of benzene rings is 1. The van der Waals surface area contributed by atoms with Crippen LogP contribution < -0.4 is 5.32 Å². The van der Waals surface area contributed by atoms with Crippen LogP contribution in [0.15, 0.2) is 24.4 Å². The van der Waals surface area contributed by atoms with E-state index in [4.69, 9.17) is 16.9 Å². The Kier molecular flexibility index (Phi) is 3.54. The van der Waals surface area contributed by atoms with Crippen LogP contribution in [0.1, 0.15) is 16.8 Å². The lowest BCUT2D eigenvalue weighted by Crippen LogP contribution is -2.00. The van der Waals surface area contributed by atoms with Crippen molar-refractivity contribution in [2.75, 3.05) is 5.32 Å². The Hall–Kier alpha value is -1.99. The summed E-state index contributed by atoms with van der Waals surface area (Å²) in [6, 6.07) is 7.36. The predicted octanol–water partition coefficient (Wildman–Crippen LogP) is 2.87. The third kappa shape index (κ3) is 2.63. The van der Waals surface area contributed by atoms with Gasteiger partial charge in [0.15, 0.2) is 0 Å². The highest BCUT2D eigenvalue weighted by Crippen LogP contribution is 2.20. The molecule has 18 heavy (non-hydrogen) atoms. The highest BCUT2D eigenvalue weighted by Gasteiger charge is 2.05. The molecular weight excluding hydrogens is 248 g/mol. The molecule has 0 unspecified atom stereocenters. The van der Waals surface area contributed by atoms with Gasteiger partial charge in [-0.1, -0.05) is 17.7 Å². The molecule has 0 saturated heterocycles. The van der Waals surface area contributed by atoms with Crippen LogP contribution >= 0.6 is 11.6 Å². The zero-order valence-electron chi connectivity index (χ0n) is 10.2. The number of anilines is 1. The van der Waals surface area contributed by atoms with E-state index in [1.54, 1.807) is 16.8 Å².